The molecule has 0 heterocycles. The third-order valence-corrected chi connectivity index (χ3v) is 1.55. The second-order valence-corrected chi connectivity index (χ2v) is 3.34. The van der Waals surface area contributed by atoms with E-state index < -0.39 is 0 Å². The maximum absolute atomic E-state index is 3.64. The Bertz CT molecular complexity index is 121. The van der Waals surface area contributed by atoms with Gasteiger partial charge in [-0.1, -0.05) is 45.1 Å². The molecule has 0 N–H and O–H groups in total. The molecule has 0 spiro atoms. The molecule has 9 heavy (non-hydrogen) atoms. The van der Waals surface area contributed by atoms with Gasteiger partial charge in [0.1, 0.15) is 0 Å². The highest BCUT2D eigenvalue weighted by atomic mass is 14.2. The molecule has 0 saturated carbocycles. The minimum Gasteiger partial charge on any atom is -0.0991 e. The zero-order valence-corrected chi connectivity index (χ0v) is 6.86. The topological polar surface area (TPSA) is 0 Å². The van der Waals surface area contributed by atoms with Gasteiger partial charge in [0, 0.05) is 0 Å². The molecular weight excluding hydrogens is 108 g/mol. The smallest absolute Gasteiger partial charge is 0.0173 e. The van der Waals surface area contributed by atoms with Crippen LogP contribution in [-0.2, 0) is 0 Å². The zero-order chi connectivity index (χ0) is 7.49. The quantitative estimate of drug-likeness (QED) is 0.471. The molecule has 0 aromatic rings. The molecule has 0 amide bonds. The summed E-state index contributed by atoms with van der Waals surface area (Å²) in [5.74, 6) is 0. The molecule has 0 aliphatic carbocycles. The van der Waals surface area contributed by atoms with Gasteiger partial charge >= 0.3 is 0 Å². The van der Waals surface area contributed by atoms with Gasteiger partial charge in [-0.25, -0.2) is 0 Å². The Morgan fingerprint density at radius 3 is 1.89 bits per heavy atom. The maximum atomic E-state index is 3.64. The van der Waals surface area contributed by atoms with Crippen molar-refractivity contribution < 1.29 is 0 Å². The molecule has 0 saturated heterocycles. The van der Waals surface area contributed by atoms with E-state index >= 15 is 0 Å². The third-order valence-electron chi connectivity index (χ3n) is 1.55. The minimum absolute atomic E-state index is 0.300. The van der Waals surface area contributed by atoms with Crippen molar-refractivity contribution >= 4 is 0 Å². The van der Waals surface area contributed by atoms with E-state index in [9.17, 15) is 0 Å². The van der Waals surface area contributed by atoms with E-state index in [0.717, 1.165) is 0 Å². The molecule has 0 fully saturated rings. The fourth-order valence-corrected chi connectivity index (χ4v) is 0.427. The average Bonchev–Trinajstić information content (AvgIpc) is 1.64. The van der Waals surface area contributed by atoms with Gasteiger partial charge in [-0.05, 0) is 12.3 Å². The van der Waals surface area contributed by atoms with Gasteiger partial charge in [-0.3, -0.25) is 0 Å². The lowest BCUT2D eigenvalue weighted by molar-refractivity contribution is 0.504. The average molecular weight is 124 g/mol. The largest absolute Gasteiger partial charge is 0.0991 e. The molecule has 0 aliphatic rings. The number of hydrogen-bond donors (Lipinski definition) is 0. The summed E-state index contributed by atoms with van der Waals surface area (Å²) in [5, 5.41) is 0. The van der Waals surface area contributed by atoms with Crippen LogP contribution < -0.4 is 0 Å². The Labute approximate surface area is 58.3 Å². The summed E-state index contributed by atoms with van der Waals surface area (Å²) in [5.41, 5.74) is 1.67. The van der Waals surface area contributed by atoms with Gasteiger partial charge in [-0.2, -0.15) is 0 Å². The fourth-order valence-electron chi connectivity index (χ4n) is 0.427. The van der Waals surface area contributed by atoms with Crippen LogP contribution in [0.15, 0.2) is 24.3 Å². The van der Waals surface area contributed by atoms with E-state index in [1.807, 2.05) is 6.08 Å². The summed E-state index contributed by atoms with van der Waals surface area (Å²) in [4.78, 5) is 0. The van der Waals surface area contributed by atoms with Crippen molar-refractivity contribution in [3.63, 3.8) is 0 Å². The van der Waals surface area contributed by atoms with Gasteiger partial charge in [0.25, 0.3) is 0 Å². The summed E-state index contributed by atoms with van der Waals surface area (Å²) in [6, 6.07) is 0. The SMILES string of the molecule is C=C/C=C(\C)C(C)(C)C. The van der Waals surface area contributed by atoms with E-state index in [0.29, 0.717) is 5.41 Å². The van der Waals surface area contributed by atoms with Crippen LogP contribution in [-0.4, -0.2) is 0 Å². The van der Waals surface area contributed by atoms with Gasteiger partial charge in [0.2, 0.25) is 0 Å². The Balaban J connectivity index is 4.19. The maximum Gasteiger partial charge on any atom is -0.0173 e. The summed E-state index contributed by atoms with van der Waals surface area (Å²) < 4.78 is 0. The lowest BCUT2D eigenvalue weighted by atomic mass is 9.87. The monoisotopic (exact) mass is 124 g/mol. The van der Waals surface area contributed by atoms with Crippen LogP contribution in [0.4, 0.5) is 0 Å². The molecule has 0 rings (SSSR count). The van der Waals surface area contributed by atoms with Crippen LogP contribution in [0.5, 0.6) is 0 Å². The summed E-state index contributed by atoms with van der Waals surface area (Å²) in [6.45, 7) is 12.4. The van der Waals surface area contributed by atoms with Crippen LogP contribution in [0.1, 0.15) is 27.7 Å². The molecule has 52 valence electrons. The van der Waals surface area contributed by atoms with Crippen LogP contribution in [0.25, 0.3) is 0 Å². The Morgan fingerprint density at radius 2 is 1.78 bits per heavy atom. The molecule has 0 aliphatic heterocycles. The lowest BCUT2D eigenvalue weighted by Crippen LogP contribution is -2.05. The van der Waals surface area contributed by atoms with Crippen LogP contribution in [0, 0.1) is 5.41 Å². The molecule has 0 aromatic heterocycles. The zero-order valence-electron chi connectivity index (χ0n) is 6.86. The van der Waals surface area contributed by atoms with Crippen molar-refractivity contribution in [1.82, 2.24) is 0 Å². The summed E-state index contributed by atoms with van der Waals surface area (Å²) in [7, 11) is 0. The predicted molar refractivity (Wildman–Crippen MR) is 43.4 cm³/mol. The van der Waals surface area contributed by atoms with Crippen LogP contribution >= 0.6 is 0 Å². The van der Waals surface area contributed by atoms with Gasteiger partial charge in [0.15, 0.2) is 0 Å². The predicted octanol–water partition coefficient (Wildman–Crippen LogP) is 3.16. The number of rotatable bonds is 1. The number of allylic oxidation sites excluding steroid dienone is 3. The standard InChI is InChI=1S/C9H16/c1-6-7-8(2)9(3,4)5/h6-7H,1H2,2-5H3/b8-7+. The van der Waals surface area contributed by atoms with Crippen molar-refractivity contribution in [3.05, 3.63) is 24.3 Å². The minimum atomic E-state index is 0.300. The molecule has 0 atom stereocenters. The van der Waals surface area contributed by atoms with Crippen molar-refractivity contribution in [2.45, 2.75) is 27.7 Å². The van der Waals surface area contributed by atoms with Crippen molar-refractivity contribution in [2.75, 3.05) is 0 Å². The van der Waals surface area contributed by atoms with Crippen molar-refractivity contribution in [1.29, 1.82) is 0 Å². The van der Waals surface area contributed by atoms with Gasteiger partial charge < -0.3 is 0 Å². The van der Waals surface area contributed by atoms with E-state index in [1.165, 1.54) is 5.57 Å². The normalized spacial score (nSPS) is 13.6. The van der Waals surface area contributed by atoms with Gasteiger partial charge in [-0.15, -0.1) is 0 Å². The molecule has 0 heteroatoms. The second kappa shape index (κ2) is 2.86. The van der Waals surface area contributed by atoms with Crippen molar-refractivity contribution in [2.24, 2.45) is 5.41 Å². The molecular formula is C9H16. The first-order valence-corrected chi connectivity index (χ1v) is 3.28. The lowest BCUT2D eigenvalue weighted by Gasteiger charge is -2.18. The van der Waals surface area contributed by atoms with Crippen molar-refractivity contribution in [3.8, 4) is 0 Å². The molecule has 0 bridgehead atoms. The van der Waals surface area contributed by atoms with E-state index in [4.69, 9.17) is 0 Å². The Hall–Kier alpha value is -0.520. The highest BCUT2D eigenvalue weighted by Crippen LogP contribution is 2.23. The highest BCUT2D eigenvalue weighted by Gasteiger charge is 2.10. The van der Waals surface area contributed by atoms with E-state index in [2.05, 4.69) is 40.3 Å². The van der Waals surface area contributed by atoms with Crippen LogP contribution in [0.2, 0.25) is 0 Å². The molecule has 0 aromatic carbocycles. The second-order valence-electron chi connectivity index (χ2n) is 3.34. The molecule has 0 radical (unpaired) electrons. The summed E-state index contributed by atoms with van der Waals surface area (Å²) in [6.07, 6.45) is 3.89. The van der Waals surface area contributed by atoms with E-state index in [-0.39, 0.29) is 0 Å². The molecule has 0 unspecified atom stereocenters. The Morgan fingerprint density at radius 1 is 1.33 bits per heavy atom. The number of hydrogen-bond acceptors (Lipinski definition) is 0. The van der Waals surface area contributed by atoms with Gasteiger partial charge in [0.05, 0.1) is 0 Å². The summed E-state index contributed by atoms with van der Waals surface area (Å²) >= 11 is 0. The Kier molecular flexibility index (Phi) is 2.69. The van der Waals surface area contributed by atoms with E-state index in [1.54, 1.807) is 0 Å². The third kappa shape index (κ3) is 3.12. The first-order valence-electron chi connectivity index (χ1n) is 3.28. The van der Waals surface area contributed by atoms with Crippen LogP contribution in [0.3, 0.4) is 0 Å². The first kappa shape index (κ1) is 8.48. The highest BCUT2D eigenvalue weighted by molar-refractivity contribution is 5.13. The fraction of sp³-hybridized carbons (Fsp3) is 0.556. The first-order chi connectivity index (χ1) is 3.98. The molecule has 0 nitrogen and oxygen atoms in total.